The third-order valence-corrected chi connectivity index (χ3v) is 2.54. The van der Waals surface area contributed by atoms with E-state index in [9.17, 15) is 0 Å². The molecule has 16 heavy (non-hydrogen) atoms. The average Bonchev–Trinajstić information content (AvgIpc) is 2.27. The zero-order chi connectivity index (χ0) is 12.0. The lowest BCUT2D eigenvalue weighted by molar-refractivity contribution is 0.0506. The van der Waals surface area contributed by atoms with Crippen molar-refractivity contribution in [1.82, 2.24) is 5.32 Å². The summed E-state index contributed by atoms with van der Waals surface area (Å²) < 4.78 is 10.3. The fourth-order valence-corrected chi connectivity index (χ4v) is 1.65. The summed E-state index contributed by atoms with van der Waals surface area (Å²) in [5.74, 6) is 0.884. The lowest BCUT2D eigenvalue weighted by atomic mass is 10.1. The van der Waals surface area contributed by atoms with E-state index in [4.69, 9.17) is 9.47 Å². The topological polar surface area (TPSA) is 30.5 Å². The highest BCUT2D eigenvalue weighted by Gasteiger charge is 2.06. The molecule has 0 saturated carbocycles. The molecule has 3 heteroatoms. The number of aryl methyl sites for hydroxylation is 1. The minimum atomic E-state index is 0.295. The quantitative estimate of drug-likeness (QED) is 0.752. The minimum absolute atomic E-state index is 0.295. The fraction of sp³-hybridized carbons (Fsp3) is 0.538. The van der Waals surface area contributed by atoms with E-state index in [1.54, 1.807) is 7.11 Å². The predicted octanol–water partition coefficient (Wildman–Crippen LogP) is 2.65. The molecule has 0 bridgehead atoms. The van der Waals surface area contributed by atoms with Crippen molar-refractivity contribution < 1.29 is 9.47 Å². The number of benzene rings is 1. The molecular weight excluding hydrogens is 202 g/mol. The molecule has 0 heterocycles. The van der Waals surface area contributed by atoms with Crippen LogP contribution in [0.5, 0.6) is 5.75 Å². The number of ether oxygens (including phenoxy) is 2. The second-order valence-corrected chi connectivity index (χ2v) is 3.86. The summed E-state index contributed by atoms with van der Waals surface area (Å²) in [6, 6.07) is 6.61. The lowest BCUT2D eigenvalue weighted by Crippen LogP contribution is -2.17. The molecule has 0 saturated heterocycles. The van der Waals surface area contributed by atoms with Crippen LogP contribution in [0.2, 0.25) is 0 Å². The maximum Gasteiger partial charge on any atom is 0.188 e. The monoisotopic (exact) mass is 223 g/mol. The van der Waals surface area contributed by atoms with E-state index in [0.29, 0.717) is 12.8 Å². The Bertz CT molecular complexity index is 326. The van der Waals surface area contributed by atoms with Crippen LogP contribution in [0, 0.1) is 6.92 Å². The van der Waals surface area contributed by atoms with E-state index in [2.05, 4.69) is 31.3 Å². The van der Waals surface area contributed by atoms with Gasteiger partial charge in [0.15, 0.2) is 6.79 Å². The van der Waals surface area contributed by atoms with Gasteiger partial charge in [-0.15, -0.1) is 0 Å². The van der Waals surface area contributed by atoms with Gasteiger partial charge in [0.05, 0.1) is 0 Å². The molecule has 0 spiro atoms. The molecule has 90 valence electrons. The van der Waals surface area contributed by atoms with Crippen LogP contribution in [0.1, 0.15) is 31.0 Å². The van der Waals surface area contributed by atoms with Gasteiger partial charge in [0.1, 0.15) is 5.75 Å². The molecular formula is C13H21NO2. The third kappa shape index (κ3) is 3.51. The van der Waals surface area contributed by atoms with Crippen LogP contribution in [0.3, 0.4) is 0 Å². The average molecular weight is 223 g/mol. The van der Waals surface area contributed by atoms with Crippen molar-refractivity contribution in [3.63, 3.8) is 0 Å². The molecule has 0 aliphatic heterocycles. The van der Waals surface area contributed by atoms with Crippen molar-refractivity contribution in [2.24, 2.45) is 0 Å². The van der Waals surface area contributed by atoms with Gasteiger partial charge < -0.3 is 14.8 Å². The largest absolute Gasteiger partial charge is 0.467 e. The van der Waals surface area contributed by atoms with Crippen LogP contribution in [0.15, 0.2) is 18.2 Å². The van der Waals surface area contributed by atoms with Gasteiger partial charge in [-0.05, 0) is 37.6 Å². The first-order chi connectivity index (χ1) is 7.69. The first kappa shape index (κ1) is 13.0. The summed E-state index contributed by atoms with van der Waals surface area (Å²) >= 11 is 0. The maximum atomic E-state index is 5.44. The number of methoxy groups -OCH3 is 1. The Morgan fingerprint density at radius 1 is 1.38 bits per heavy atom. The van der Waals surface area contributed by atoms with Crippen LogP contribution in [0.25, 0.3) is 0 Å². The molecule has 1 aromatic rings. The van der Waals surface area contributed by atoms with E-state index in [0.717, 1.165) is 17.9 Å². The SMILES string of the molecule is CCNC(C)c1ccc(OCOC)c(C)c1. The van der Waals surface area contributed by atoms with Gasteiger partial charge in [0.25, 0.3) is 0 Å². The molecule has 1 N–H and O–H groups in total. The van der Waals surface area contributed by atoms with Crippen molar-refractivity contribution in [3.8, 4) is 5.75 Å². The Kier molecular flexibility index (Phi) is 5.29. The third-order valence-electron chi connectivity index (χ3n) is 2.54. The molecule has 1 atom stereocenters. The molecule has 1 aromatic carbocycles. The van der Waals surface area contributed by atoms with E-state index in [-0.39, 0.29) is 0 Å². The lowest BCUT2D eigenvalue weighted by Gasteiger charge is -2.15. The molecule has 0 radical (unpaired) electrons. The fourth-order valence-electron chi connectivity index (χ4n) is 1.65. The maximum absolute atomic E-state index is 5.44. The van der Waals surface area contributed by atoms with Gasteiger partial charge in [-0.2, -0.15) is 0 Å². The zero-order valence-corrected chi connectivity index (χ0v) is 10.5. The molecule has 0 aliphatic carbocycles. The molecule has 1 unspecified atom stereocenters. The zero-order valence-electron chi connectivity index (χ0n) is 10.5. The molecule has 1 rings (SSSR count). The van der Waals surface area contributed by atoms with Gasteiger partial charge in [-0.1, -0.05) is 19.1 Å². The normalized spacial score (nSPS) is 12.5. The van der Waals surface area contributed by atoms with E-state index in [1.165, 1.54) is 5.56 Å². The van der Waals surface area contributed by atoms with Crippen molar-refractivity contribution in [2.75, 3.05) is 20.4 Å². The first-order valence-corrected chi connectivity index (χ1v) is 5.64. The van der Waals surface area contributed by atoms with Gasteiger partial charge in [-0.25, -0.2) is 0 Å². The van der Waals surface area contributed by atoms with Gasteiger partial charge in [0.2, 0.25) is 0 Å². The summed E-state index contributed by atoms with van der Waals surface area (Å²) in [5, 5.41) is 3.39. The highest BCUT2D eigenvalue weighted by molar-refractivity contribution is 5.37. The Labute approximate surface area is 97.8 Å². The van der Waals surface area contributed by atoms with Crippen molar-refractivity contribution >= 4 is 0 Å². The molecule has 0 aliphatic rings. The number of hydrogen-bond donors (Lipinski definition) is 1. The summed E-state index contributed by atoms with van der Waals surface area (Å²) in [6.07, 6.45) is 0. The smallest absolute Gasteiger partial charge is 0.188 e. The van der Waals surface area contributed by atoms with Crippen LogP contribution in [0.4, 0.5) is 0 Å². The highest BCUT2D eigenvalue weighted by atomic mass is 16.7. The Hall–Kier alpha value is -1.06. The van der Waals surface area contributed by atoms with Crippen molar-refractivity contribution in [3.05, 3.63) is 29.3 Å². The number of rotatable bonds is 6. The first-order valence-electron chi connectivity index (χ1n) is 5.64. The Balaban J connectivity index is 2.73. The highest BCUT2D eigenvalue weighted by Crippen LogP contribution is 2.22. The van der Waals surface area contributed by atoms with Crippen LogP contribution in [-0.4, -0.2) is 20.4 Å². The standard InChI is InChI=1S/C13H21NO2/c1-5-14-11(3)12-6-7-13(10(2)8-12)16-9-15-4/h6-8,11,14H,5,9H2,1-4H3. The molecule has 0 amide bonds. The summed E-state index contributed by atoms with van der Waals surface area (Å²) in [4.78, 5) is 0. The van der Waals surface area contributed by atoms with E-state index < -0.39 is 0 Å². The van der Waals surface area contributed by atoms with E-state index >= 15 is 0 Å². The summed E-state index contributed by atoms with van der Waals surface area (Å²) in [7, 11) is 1.62. The van der Waals surface area contributed by atoms with Crippen LogP contribution < -0.4 is 10.1 Å². The number of nitrogens with one attached hydrogen (secondary N) is 1. The second-order valence-electron chi connectivity index (χ2n) is 3.86. The summed E-state index contributed by atoms with van der Waals surface area (Å²) in [5.41, 5.74) is 2.42. The van der Waals surface area contributed by atoms with Crippen molar-refractivity contribution in [2.45, 2.75) is 26.8 Å². The summed E-state index contributed by atoms with van der Waals surface area (Å²) in [6.45, 7) is 7.59. The second kappa shape index (κ2) is 6.51. The predicted molar refractivity (Wildman–Crippen MR) is 65.8 cm³/mol. The molecule has 0 aromatic heterocycles. The van der Waals surface area contributed by atoms with E-state index in [1.807, 2.05) is 13.0 Å². The van der Waals surface area contributed by atoms with Crippen LogP contribution >= 0.6 is 0 Å². The molecule has 0 fully saturated rings. The van der Waals surface area contributed by atoms with Gasteiger partial charge in [-0.3, -0.25) is 0 Å². The van der Waals surface area contributed by atoms with Gasteiger partial charge >= 0.3 is 0 Å². The Morgan fingerprint density at radius 3 is 2.69 bits per heavy atom. The minimum Gasteiger partial charge on any atom is -0.467 e. The molecule has 3 nitrogen and oxygen atoms in total. The van der Waals surface area contributed by atoms with Crippen LogP contribution in [-0.2, 0) is 4.74 Å². The number of hydrogen-bond acceptors (Lipinski definition) is 3. The van der Waals surface area contributed by atoms with Gasteiger partial charge in [0, 0.05) is 13.2 Å². The van der Waals surface area contributed by atoms with Crippen molar-refractivity contribution in [1.29, 1.82) is 0 Å². The Morgan fingerprint density at radius 2 is 2.12 bits per heavy atom.